The monoisotopic (exact) mass is 288 g/mol. The summed E-state index contributed by atoms with van der Waals surface area (Å²) in [4.78, 5) is 24.2. The molecule has 0 atom stereocenters. The molecule has 0 saturated carbocycles. The number of benzene rings is 1. The quantitative estimate of drug-likeness (QED) is 0.639. The number of nitro groups is 1. The molecule has 0 spiro atoms. The van der Waals surface area contributed by atoms with Crippen molar-refractivity contribution in [2.24, 2.45) is 0 Å². The van der Waals surface area contributed by atoms with Gasteiger partial charge in [-0.15, -0.1) is 0 Å². The molecule has 1 amide bonds. The largest absolute Gasteiger partial charge is 0.345 e. The highest BCUT2D eigenvalue weighted by Gasteiger charge is 2.20. The predicted octanol–water partition coefficient (Wildman–Crippen LogP) is 2.10. The fraction of sp³-hybridized carbons (Fsp3) is 0.286. The second kappa shape index (κ2) is 5.35. The van der Waals surface area contributed by atoms with E-state index in [2.05, 4.69) is 5.10 Å². The van der Waals surface area contributed by atoms with Crippen molar-refractivity contribution in [2.75, 3.05) is 14.1 Å². The summed E-state index contributed by atoms with van der Waals surface area (Å²) in [6, 6.07) is 6.11. The van der Waals surface area contributed by atoms with Gasteiger partial charge in [0.05, 0.1) is 10.6 Å². The first-order valence-electron chi connectivity index (χ1n) is 6.35. The Bertz CT molecular complexity index is 719. The Hall–Kier alpha value is -2.70. The zero-order chi connectivity index (χ0) is 15.7. The van der Waals surface area contributed by atoms with Crippen molar-refractivity contribution in [3.8, 4) is 5.69 Å². The minimum atomic E-state index is -0.476. The van der Waals surface area contributed by atoms with Gasteiger partial charge in [0.15, 0.2) is 0 Å². The minimum Gasteiger partial charge on any atom is -0.345 e. The molecule has 0 unspecified atom stereocenters. The molecule has 1 aromatic heterocycles. The standard InChI is InChI=1S/C14H16N4O3/c1-9-7-10(2)17(15-9)13-8-11(14(19)16(3)4)5-6-12(13)18(20)21/h5-8H,1-4H3. The molecule has 1 aromatic carbocycles. The van der Waals surface area contributed by atoms with E-state index in [1.807, 2.05) is 19.9 Å². The highest BCUT2D eigenvalue weighted by molar-refractivity contribution is 5.95. The van der Waals surface area contributed by atoms with Gasteiger partial charge in [0.2, 0.25) is 0 Å². The maximum Gasteiger partial charge on any atom is 0.294 e. The Balaban J connectivity index is 2.66. The summed E-state index contributed by atoms with van der Waals surface area (Å²) >= 11 is 0. The number of amides is 1. The fourth-order valence-electron chi connectivity index (χ4n) is 2.11. The third-order valence-corrected chi connectivity index (χ3v) is 3.06. The van der Waals surface area contributed by atoms with Gasteiger partial charge in [-0.3, -0.25) is 14.9 Å². The number of hydrogen-bond donors (Lipinski definition) is 0. The molecule has 0 fully saturated rings. The van der Waals surface area contributed by atoms with E-state index >= 15 is 0 Å². The lowest BCUT2D eigenvalue weighted by Gasteiger charge is -2.12. The van der Waals surface area contributed by atoms with Crippen LogP contribution in [0.5, 0.6) is 0 Å². The Morgan fingerprint density at radius 3 is 2.43 bits per heavy atom. The molecule has 0 aliphatic heterocycles. The Kier molecular flexibility index (Phi) is 3.75. The van der Waals surface area contributed by atoms with E-state index in [-0.39, 0.29) is 11.6 Å². The first kappa shape index (κ1) is 14.7. The highest BCUT2D eigenvalue weighted by atomic mass is 16.6. The van der Waals surface area contributed by atoms with Gasteiger partial charge in [0.1, 0.15) is 5.69 Å². The molecular formula is C14H16N4O3. The molecule has 1 heterocycles. The van der Waals surface area contributed by atoms with Crippen LogP contribution in [0.15, 0.2) is 24.3 Å². The highest BCUT2D eigenvalue weighted by Crippen LogP contribution is 2.25. The smallest absolute Gasteiger partial charge is 0.294 e. The average Bonchev–Trinajstić information content (AvgIpc) is 2.75. The zero-order valence-corrected chi connectivity index (χ0v) is 12.3. The van der Waals surface area contributed by atoms with Crippen LogP contribution >= 0.6 is 0 Å². The van der Waals surface area contributed by atoms with Crippen LogP contribution in [0.2, 0.25) is 0 Å². The number of aryl methyl sites for hydroxylation is 2. The van der Waals surface area contributed by atoms with Crippen molar-refractivity contribution in [3.63, 3.8) is 0 Å². The molecule has 2 aromatic rings. The molecule has 7 heteroatoms. The van der Waals surface area contributed by atoms with Gasteiger partial charge < -0.3 is 4.90 Å². The van der Waals surface area contributed by atoms with Crippen molar-refractivity contribution >= 4 is 11.6 Å². The van der Waals surface area contributed by atoms with Gasteiger partial charge in [0, 0.05) is 31.4 Å². The fourth-order valence-corrected chi connectivity index (χ4v) is 2.11. The van der Waals surface area contributed by atoms with E-state index in [0.717, 1.165) is 11.4 Å². The number of hydrogen-bond acceptors (Lipinski definition) is 4. The minimum absolute atomic E-state index is 0.0866. The number of rotatable bonds is 3. The molecule has 0 N–H and O–H groups in total. The molecule has 0 aliphatic rings. The van der Waals surface area contributed by atoms with Gasteiger partial charge in [-0.05, 0) is 32.0 Å². The van der Waals surface area contributed by atoms with Crippen LogP contribution in [0, 0.1) is 24.0 Å². The summed E-state index contributed by atoms with van der Waals surface area (Å²) in [5.74, 6) is -0.215. The second-order valence-electron chi connectivity index (χ2n) is 5.00. The van der Waals surface area contributed by atoms with Crippen molar-refractivity contribution in [3.05, 3.63) is 51.3 Å². The Labute approximate surface area is 121 Å². The van der Waals surface area contributed by atoms with Crippen LogP contribution in [0.3, 0.4) is 0 Å². The predicted molar refractivity (Wildman–Crippen MR) is 77.7 cm³/mol. The second-order valence-corrected chi connectivity index (χ2v) is 5.00. The van der Waals surface area contributed by atoms with Crippen LogP contribution in [0.4, 0.5) is 5.69 Å². The van der Waals surface area contributed by atoms with Crippen LogP contribution in [0.1, 0.15) is 21.7 Å². The Morgan fingerprint density at radius 2 is 1.95 bits per heavy atom. The summed E-state index contributed by atoms with van der Waals surface area (Å²) in [7, 11) is 3.26. The van der Waals surface area contributed by atoms with Crippen molar-refractivity contribution < 1.29 is 9.72 Å². The summed E-state index contributed by atoms with van der Waals surface area (Å²) in [5, 5.41) is 15.5. The SMILES string of the molecule is Cc1cc(C)n(-c2cc(C(=O)N(C)C)ccc2[N+](=O)[O-])n1. The average molecular weight is 288 g/mol. The lowest BCUT2D eigenvalue weighted by atomic mass is 10.1. The Morgan fingerprint density at radius 1 is 1.29 bits per heavy atom. The number of carbonyl (C=O) groups is 1. The van der Waals surface area contributed by atoms with Crippen LogP contribution in [0.25, 0.3) is 5.69 Å². The van der Waals surface area contributed by atoms with E-state index < -0.39 is 4.92 Å². The van der Waals surface area contributed by atoms with Crippen molar-refractivity contribution in [2.45, 2.75) is 13.8 Å². The van der Waals surface area contributed by atoms with E-state index in [0.29, 0.717) is 11.3 Å². The molecule has 110 valence electrons. The molecule has 0 bridgehead atoms. The van der Waals surface area contributed by atoms with Gasteiger partial charge >= 0.3 is 0 Å². The molecule has 2 rings (SSSR count). The zero-order valence-electron chi connectivity index (χ0n) is 12.3. The summed E-state index contributed by atoms with van der Waals surface area (Å²) in [5.41, 5.74) is 2.11. The molecule has 0 saturated heterocycles. The molecule has 0 aliphatic carbocycles. The summed E-state index contributed by atoms with van der Waals surface area (Å²) in [6.07, 6.45) is 0. The third kappa shape index (κ3) is 2.76. The number of nitrogens with zero attached hydrogens (tertiary/aromatic N) is 4. The topological polar surface area (TPSA) is 81.3 Å². The van der Waals surface area contributed by atoms with Crippen LogP contribution < -0.4 is 0 Å². The van der Waals surface area contributed by atoms with E-state index in [1.54, 1.807) is 14.1 Å². The van der Waals surface area contributed by atoms with Gasteiger partial charge in [-0.2, -0.15) is 5.10 Å². The van der Waals surface area contributed by atoms with Crippen molar-refractivity contribution in [1.82, 2.24) is 14.7 Å². The number of carbonyl (C=O) groups excluding carboxylic acids is 1. The van der Waals surface area contributed by atoms with Crippen molar-refractivity contribution in [1.29, 1.82) is 0 Å². The lowest BCUT2D eigenvalue weighted by Crippen LogP contribution is -2.22. The van der Waals surface area contributed by atoms with Gasteiger partial charge in [0.25, 0.3) is 11.6 Å². The first-order valence-corrected chi connectivity index (χ1v) is 6.35. The lowest BCUT2D eigenvalue weighted by molar-refractivity contribution is -0.384. The van der Waals surface area contributed by atoms with Gasteiger partial charge in [-0.25, -0.2) is 4.68 Å². The summed E-state index contributed by atoms with van der Waals surface area (Å²) < 4.78 is 1.49. The van der Waals surface area contributed by atoms with E-state index in [9.17, 15) is 14.9 Å². The van der Waals surface area contributed by atoms with E-state index in [4.69, 9.17) is 0 Å². The van der Waals surface area contributed by atoms with Crippen LogP contribution in [-0.2, 0) is 0 Å². The number of nitro benzene ring substituents is 1. The molecular weight excluding hydrogens is 272 g/mol. The first-order chi connectivity index (χ1) is 9.81. The maximum absolute atomic E-state index is 12.0. The van der Waals surface area contributed by atoms with E-state index in [1.165, 1.54) is 27.8 Å². The molecule has 0 radical (unpaired) electrons. The normalized spacial score (nSPS) is 10.5. The van der Waals surface area contributed by atoms with Gasteiger partial charge in [-0.1, -0.05) is 0 Å². The van der Waals surface area contributed by atoms with Crippen LogP contribution in [-0.4, -0.2) is 39.6 Å². The number of aromatic nitrogens is 2. The summed E-state index contributed by atoms with van der Waals surface area (Å²) in [6.45, 7) is 3.62. The molecule has 7 nitrogen and oxygen atoms in total. The third-order valence-electron chi connectivity index (χ3n) is 3.06. The maximum atomic E-state index is 12.0. The molecule has 21 heavy (non-hydrogen) atoms.